The van der Waals surface area contributed by atoms with Crippen LogP contribution in [0.2, 0.25) is 5.02 Å². The minimum atomic E-state index is -0.474. The summed E-state index contributed by atoms with van der Waals surface area (Å²) in [6.45, 7) is 5.83. The number of halogens is 1. The number of carbonyl (C=O) groups excluding carboxylic acids is 2. The van der Waals surface area contributed by atoms with Crippen LogP contribution >= 0.6 is 11.6 Å². The van der Waals surface area contributed by atoms with Crippen molar-refractivity contribution in [3.8, 4) is 11.5 Å². The van der Waals surface area contributed by atoms with Crippen LogP contribution in [0, 0.1) is 20.8 Å². The zero-order valence-corrected chi connectivity index (χ0v) is 16.8. The van der Waals surface area contributed by atoms with Crippen LogP contribution in [0.15, 0.2) is 24.3 Å². The lowest BCUT2D eigenvalue weighted by molar-refractivity contribution is -0.123. The van der Waals surface area contributed by atoms with Gasteiger partial charge in [-0.1, -0.05) is 29.3 Å². The quantitative estimate of drug-likeness (QED) is 0.723. The lowest BCUT2D eigenvalue weighted by Gasteiger charge is -2.14. The van der Waals surface area contributed by atoms with Crippen LogP contribution in [0.4, 0.5) is 11.4 Å². The summed E-state index contributed by atoms with van der Waals surface area (Å²) in [5, 5.41) is 5.82. The van der Waals surface area contributed by atoms with Gasteiger partial charge < -0.3 is 20.1 Å². The summed E-state index contributed by atoms with van der Waals surface area (Å²) in [6, 6.07) is 7.04. The van der Waals surface area contributed by atoms with Gasteiger partial charge in [-0.2, -0.15) is 0 Å². The monoisotopic (exact) mass is 390 g/mol. The van der Waals surface area contributed by atoms with Gasteiger partial charge in [0, 0.05) is 17.8 Å². The lowest BCUT2D eigenvalue weighted by Crippen LogP contribution is -2.22. The number of rotatable bonds is 6. The second kappa shape index (κ2) is 8.77. The minimum Gasteiger partial charge on any atom is -0.495 e. The number of hydrogen-bond acceptors (Lipinski definition) is 4. The van der Waals surface area contributed by atoms with Gasteiger partial charge in [-0.05, 0) is 31.9 Å². The van der Waals surface area contributed by atoms with Gasteiger partial charge in [0.2, 0.25) is 11.8 Å². The van der Waals surface area contributed by atoms with Crippen LogP contribution in [-0.2, 0) is 9.59 Å². The molecule has 0 spiro atoms. The van der Waals surface area contributed by atoms with E-state index in [-0.39, 0.29) is 6.42 Å². The van der Waals surface area contributed by atoms with Gasteiger partial charge in [0.15, 0.2) is 0 Å². The van der Waals surface area contributed by atoms with Crippen molar-refractivity contribution >= 4 is 34.8 Å². The molecule has 0 atom stereocenters. The molecule has 0 saturated heterocycles. The molecule has 144 valence electrons. The van der Waals surface area contributed by atoms with Crippen LogP contribution in [-0.4, -0.2) is 26.0 Å². The standard InChI is InChI=1S/C20H23ClN2O4/c1-11-6-12(2)20(13(3)7-11)23-19(25)10-18(24)22-15-9-16(26-4)14(21)8-17(15)27-5/h6-9H,10H2,1-5H3,(H,22,24)(H,23,25). The number of ether oxygens (including phenoxy) is 2. The number of anilines is 2. The Balaban J connectivity index is 2.09. The molecule has 0 bridgehead atoms. The van der Waals surface area contributed by atoms with E-state index in [1.54, 1.807) is 6.07 Å². The van der Waals surface area contributed by atoms with Crippen LogP contribution in [0.1, 0.15) is 23.1 Å². The fourth-order valence-corrected chi connectivity index (χ4v) is 3.09. The van der Waals surface area contributed by atoms with E-state index in [1.165, 1.54) is 20.3 Å². The van der Waals surface area contributed by atoms with Crippen molar-refractivity contribution < 1.29 is 19.1 Å². The molecule has 0 heterocycles. The molecular weight excluding hydrogens is 368 g/mol. The first kappa shape index (κ1) is 20.6. The molecule has 2 amide bonds. The average Bonchev–Trinajstić information content (AvgIpc) is 2.59. The molecule has 2 N–H and O–H groups in total. The number of hydrogen-bond donors (Lipinski definition) is 2. The van der Waals surface area contributed by atoms with Gasteiger partial charge in [0.25, 0.3) is 0 Å². The zero-order chi connectivity index (χ0) is 20.1. The topological polar surface area (TPSA) is 76.7 Å². The normalized spacial score (nSPS) is 10.3. The number of benzene rings is 2. The van der Waals surface area contributed by atoms with Gasteiger partial charge in [-0.15, -0.1) is 0 Å². The van der Waals surface area contributed by atoms with Crippen LogP contribution < -0.4 is 20.1 Å². The highest BCUT2D eigenvalue weighted by Crippen LogP contribution is 2.35. The molecule has 0 aromatic heterocycles. The van der Waals surface area contributed by atoms with Crippen molar-refractivity contribution in [2.24, 2.45) is 0 Å². The van der Waals surface area contributed by atoms with Crippen molar-refractivity contribution in [3.63, 3.8) is 0 Å². The predicted molar refractivity (Wildman–Crippen MR) is 107 cm³/mol. The van der Waals surface area contributed by atoms with Gasteiger partial charge in [-0.3, -0.25) is 9.59 Å². The Kier molecular flexibility index (Phi) is 6.69. The largest absolute Gasteiger partial charge is 0.495 e. The highest BCUT2D eigenvalue weighted by atomic mass is 35.5. The number of aryl methyl sites for hydroxylation is 3. The maximum Gasteiger partial charge on any atom is 0.233 e. The molecule has 6 nitrogen and oxygen atoms in total. The van der Waals surface area contributed by atoms with Crippen molar-refractivity contribution in [1.82, 2.24) is 0 Å². The van der Waals surface area contributed by atoms with E-state index in [2.05, 4.69) is 10.6 Å². The third kappa shape index (κ3) is 5.14. The molecule has 0 unspecified atom stereocenters. The Morgan fingerprint density at radius 1 is 0.889 bits per heavy atom. The summed E-state index contributed by atoms with van der Waals surface area (Å²) in [5.74, 6) is -0.108. The van der Waals surface area contributed by atoms with Crippen molar-refractivity contribution in [2.75, 3.05) is 24.9 Å². The number of nitrogens with one attached hydrogen (secondary N) is 2. The molecule has 0 aliphatic carbocycles. The first-order valence-electron chi connectivity index (χ1n) is 8.34. The summed E-state index contributed by atoms with van der Waals surface area (Å²) >= 11 is 6.05. The van der Waals surface area contributed by atoms with E-state index in [0.717, 1.165) is 22.4 Å². The Labute approximate surface area is 163 Å². The number of methoxy groups -OCH3 is 2. The molecule has 2 aromatic carbocycles. The second-order valence-corrected chi connectivity index (χ2v) is 6.64. The van der Waals surface area contributed by atoms with Crippen molar-refractivity contribution in [3.05, 3.63) is 46.0 Å². The van der Waals surface area contributed by atoms with Gasteiger partial charge in [-0.25, -0.2) is 0 Å². The Morgan fingerprint density at radius 3 is 2.00 bits per heavy atom. The molecular formula is C20H23ClN2O4. The van der Waals surface area contributed by atoms with Crippen LogP contribution in [0.25, 0.3) is 0 Å². The first-order chi connectivity index (χ1) is 12.7. The summed E-state index contributed by atoms with van der Waals surface area (Å²) in [5.41, 5.74) is 4.11. The van der Waals surface area contributed by atoms with E-state index in [0.29, 0.717) is 22.2 Å². The first-order valence-corrected chi connectivity index (χ1v) is 8.72. The molecule has 0 saturated carbocycles. The molecule has 0 aliphatic heterocycles. The SMILES string of the molecule is COc1cc(NC(=O)CC(=O)Nc2c(C)cc(C)cc2C)c(OC)cc1Cl. The maximum absolute atomic E-state index is 12.3. The van der Waals surface area contributed by atoms with Gasteiger partial charge in [0.05, 0.1) is 24.9 Å². The van der Waals surface area contributed by atoms with E-state index >= 15 is 0 Å². The number of amides is 2. The molecule has 7 heteroatoms. The average molecular weight is 391 g/mol. The van der Waals surface area contributed by atoms with E-state index in [4.69, 9.17) is 21.1 Å². The highest BCUT2D eigenvalue weighted by Gasteiger charge is 2.16. The Hall–Kier alpha value is -2.73. The molecule has 0 aliphatic rings. The van der Waals surface area contributed by atoms with E-state index in [1.807, 2.05) is 32.9 Å². The lowest BCUT2D eigenvalue weighted by atomic mass is 10.0. The van der Waals surface area contributed by atoms with E-state index < -0.39 is 11.8 Å². The molecule has 27 heavy (non-hydrogen) atoms. The minimum absolute atomic E-state index is 0.332. The third-order valence-corrected chi connectivity index (χ3v) is 4.31. The fraction of sp³-hybridized carbons (Fsp3) is 0.300. The van der Waals surface area contributed by atoms with E-state index in [9.17, 15) is 9.59 Å². The highest BCUT2D eigenvalue weighted by molar-refractivity contribution is 6.32. The van der Waals surface area contributed by atoms with Crippen LogP contribution in [0.3, 0.4) is 0 Å². The molecule has 0 radical (unpaired) electrons. The second-order valence-electron chi connectivity index (χ2n) is 6.23. The third-order valence-electron chi connectivity index (χ3n) is 4.01. The Morgan fingerprint density at radius 2 is 1.44 bits per heavy atom. The van der Waals surface area contributed by atoms with Crippen LogP contribution in [0.5, 0.6) is 11.5 Å². The molecule has 2 aromatic rings. The van der Waals surface area contributed by atoms with Crippen molar-refractivity contribution in [2.45, 2.75) is 27.2 Å². The number of carbonyl (C=O) groups is 2. The summed E-state index contributed by atoms with van der Waals surface area (Å²) in [4.78, 5) is 24.6. The maximum atomic E-state index is 12.3. The summed E-state index contributed by atoms with van der Waals surface area (Å²) in [7, 11) is 2.93. The zero-order valence-electron chi connectivity index (χ0n) is 16.0. The van der Waals surface area contributed by atoms with Gasteiger partial charge >= 0.3 is 0 Å². The molecule has 0 fully saturated rings. The molecule has 2 rings (SSSR count). The summed E-state index contributed by atoms with van der Waals surface area (Å²) in [6.07, 6.45) is -0.332. The Bertz CT molecular complexity index is 858. The van der Waals surface area contributed by atoms with Crippen molar-refractivity contribution in [1.29, 1.82) is 0 Å². The predicted octanol–water partition coefficient (Wildman–Crippen LogP) is 4.25. The smallest absolute Gasteiger partial charge is 0.233 e. The fourth-order valence-electron chi connectivity index (χ4n) is 2.86. The van der Waals surface area contributed by atoms with Gasteiger partial charge in [0.1, 0.15) is 17.9 Å². The summed E-state index contributed by atoms with van der Waals surface area (Å²) < 4.78 is 10.4.